The Labute approximate surface area is 100 Å². The number of benzene rings is 1. The van der Waals surface area contributed by atoms with Crippen LogP contribution in [0.2, 0.25) is 5.02 Å². The molecule has 0 saturated heterocycles. The first kappa shape index (κ1) is 11.5. The molecule has 88 valence electrons. The summed E-state index contributed by atoms with van der Waals surface area (Å²) >= 11 is 5.69. The summed E-state index contributed by atoms with van der Waals surface area (Å²) in [6, 6.07) is 4.23. The van der Waals surface area contributed by atoms with Crippen molar-refractivity contribution in [3.8, 4) is 5.69 Å². The molecule has 2 aromatic rings. The number of halogens is 1. The molecule has 0 radical (unpaired) electrons. The number of aromatic nitrogens is 3. The van der Waals surface area contributed by atoms with Crippen molar-refractivity contribution in [1.29, 1.82) is 0 Å². The molecule has 1 aromatic heterocycles. The van der Waals surface area contributed by atoms with Gasteiger partial charge in [0.15, 0.2) is 0 Å². The summed E-state index contributed by atoms with van der Waals surface area (Å²) in [6.07, 6.45) is 1.38. The standard InChI is InChI=1S/C9H7ClN4O3/c10-8-2-1-6(3-9(8)14(16)17)13-7(5-15)4-11-12-13/h1-4,15H,5H2. The number of nitrogens with zero attached hydrogens (tertiary/aromatic N) is 4. The average molecular weight is 255 g/mol. The van der Waals surface area contributed by atoms with Gasteiger partial charge in [0.25, 0.3) is 5.69 Å². The Kier molecular flexibility index (Phi) is 3.03. The predicted molar refractivity (Wildman–Crippen MR) is 58.9 cm³/mol. The fourth-order valence-corrected chi connectivity index (χ4v) is 1.54. The summed E-state index contributed by atoms with van der Waals surface area (Å²) in [5.41, 5.74) is 0.632. The van der Waals surface area contributed by atoms with Gasteiger partial charge in [0.05, 0.1) is 29.1 Å². The van der Waals surface area contributed by atoms with Gasteiger partial charge in [-0.05, 0) is 12.1 Å². The second kappa shape index (κ2) is 4.48. The van der Waals surface area contributed by atoms with E-state index in [1.54, 1.807) is 6.07 Å². The maximum absolute atomic E-state index is 10.7. The fraction of sp³-hybridized carbons (Fsp3) is 0.111. The Hall–Kier alpha value is -1.99. The zero-order chi connectivity index (χ0) is 12.4. The van der Waals surface area contributed by atoms with Crippen molar-refractivity contribution in [2.75, 3.05) is 0 Å². The van der Waals surface area contributed by atoms with E-state index in [1.165, 1.54) is 23.0 Å². The van der Waals surface area contributed by atoms with Crippen molar-refractivity contribution in [1.82, 2.24) is 15.0 Å². The number of nitro benzene ring substituents is 1. The fourth-order valence-electron chi connectivity index (χ4n) is 1.35. The van der Waals surface area contributed by atoms with Crippen LogP contribution in [0.25, 0.3) is 5.69 Å². The Morgan fingerprint density at radius 3 is 2.94 bits per heavy atom. The quantitative estimate of drug-likeness (QED) is 0.658. The third kappa shape index (κ3) is 2.10. The molecule has 0 bridgehead atoms. The topological polar surface area (TPSA) is 94.1 Å². The minimum atomic E-state index is -0.582. The van der Waals surface area contributed by atoms with Crippen molar-refractivity contribution in [2.24, 2.45) is 0 Å². The molecule has 0 aliphatic rings. The molecule has 1 N–H and O–H groups in total. The molecule has 7 nitrogen and oxygen atoms in total. The summed E-state index contributed by atoms with van der Waals surface area (Å²) in [5, 5.41) is 27.2. The van der Waals surface area contributed by atoms with Gasteiger partial charge in [-0.15, -0.1) is 5.10 Å². The second-order valence-electron chi connectivity index (χ2n) is 3.19. The van der Waals surface area contributed by atoms with Gasteiger partial charge in [0.1, 0.15) is 5.02 Å². The molecule has 0 atom stereocenters. The van der Waals surface area contributed by atoms with E-state index in [0.29, 0.717) is 11.4 Å². The number of hydrogen-bond acceptors (Lipinski definition) is 5. The largest absolute Gasteiger partial charge is 0.390 e. The van der Waals surface area contributed by atoms with Gasteiger partial charge in [-0.2, -0.15) is 0 Å². The van der Waals surface area contributed by atoms with E-state index in [4.69, 9.17) is 16.7 Å². The maximum atomic E-state index is 10.7. The summed E-state index contributed by atoms with van der Waals surface area (Å²) in [5.74, 6) is 0. The zero-order valence-electron chi connectivity index (χ0n) is 8.45. The van der Waals surface area contributed by atoms with Crippen molar-refractivity contribution in [2.45, 2.75) is 6.61 Å². The van der Waals surface area contributed by atoms with Crippen LogP contribution in [-0.2, 0) is 6.61 Å². The minimum Gasteiger partial charge on any atom is -0.390 e. The first-order valence-corrected chi connectivity index (χ1v) is 4.96. The van der Waals surface area contributed by atoms with Gasteiger partial charge in [0.2, 0.25) is 0 Å². The number of hydrogen-bond donors (Lipinski definition) is 1. The minimum absolute atomic E-state index is 0.0458. The van der Waals surface area contributed by atoms with Crippen LogP contribution in [-0.4, -0.2) is 25.0 Å². The van der Waals surface area contributed by atoms with Crippen LogP contribution in [0.5, 0.6) is 0 Å². The molecule has 0 unspecified atom stereocenters. The highest BCUT2D eigenvalue weighted by Crippen LogP contribution is 2.26. The smallest absolute Gasteiger partial charge is 0.290 e. The summed E-state index contributed by atoms with van der Waals surface area (Å²) in [7, 11) is 0. The Bertz CT molecular complexity index is 569. The lowest BCUT2D eigenvalue weighted by Gasteiger charge is -2.04. The Morgan fingerprint density at radius 1 is 1.53 bits per heavy atom. The lowest BCUT2D eigenvalue weighted by Crippen LogP contribution is -2.03. The highest BCUT2D eigenvalue weighted by atomic mass is 35.5. The summed E-state index contributed by atoms with van der Waals surface area (Å²) in [4.78, 5) is 10.1. The third-order valence-corrected chi connectivity index (χ3v) is 2.47. The molecular weight excluding hydrogens is 248 g/mol. The van der Waals surface area contributed by atoms with Gasteiger partial charge < -0.3 is 5.11 Å². The Morgan fingerprint density at radius 2 is 2.29 bits per heavy atom. The normalized spacial score (nSPS) is 10.5. The molecule has 17 heavy (non-hydrogen) atoms. The van der Waals surface area contributed by atoms with Gasteiger partial charge in [-0.1, -0.05) is 16.8 Å². The van der Waals surface area contributed by atoms with Crippen molar-refractivity contribution < 1.29 is 10.0 Å². The molecule has 0 amide bonds. The van der Waals surface area contributed by atoms with E-state index in [0.717, 1.165) is 0 Å². The van der Waals surface area contributed by atoms with E-state index in [1.807, 2.05) is 0 Å². The maximum Gasteiger partial charge on any atom is 0.290 e. The first-order valence-electron chi connectivity index (χ1n) is 4.58. The highest BCUT2D eigenvalue weighted by molar-refractivity contribution is 6.32. The molecule has 1 heterocycles. The molecular formula is C9H7ClN4O3. The van der Waals surface area contributed by atoms with E-state index >= 15 is 0 Å². The molecule has 1 aromatic carbocycles. The predicted octanol–water partition coefficient (Wildman–Crippen LogP) is 1.32. The van der Waals surface area contributed by atoms with Crippen LogP contribution < -0.4 is 0 Å². The number of nitro groups is 1. The number of aliphatic hydroxyl groups excluding tert-OH is 1. The number of rotatable bonds is 3. The molecule has 8 heteroatoms. The van der Waals surface area contributed by atoms with Crippen molar-refractivity contribution in [3.05, 3.63) is 45.2 Å². The molecule has 0 aliphatic heterocycles. The van der Waals surface area contributed by atoms with Crippen LogP contribution >= 0.6 is 11.6 Å². The van der Waals surface area contributed by atoms with Crippen LogP contribution in [0, 0.1) is 10.1 Å². The third-order valence-electron chi connectivity index (χ3n) is 2.15. The van der Waals surface area contributed by atoms with Crippen LogP contribution in [0.15, 0.2) is 24.4 Å². The second-order valence-corrected chi connectivity index (χ2v) is 3.60. The lowest BCUT2D eigenvalue weighted by molar-refractivity contribution is -0.384. The zero-order valence-corrected chi connectivity index (χ0v) is 9.20. The van der Waals surface area contributed by atoms with Gasteiger partial charge in [-0.3, -0.25) is 10.1 Å². The van der Waals surface area contributed by atoms with E-state index in [9.17, 15) is 10.1 Å². The average Bonchev–Trinajstić information content (AvgIpc) is 2.77. The lowest BCUT2D eigenvalue weighted by atomic mass is 10.2. The first-order chi connectivity index (χ1) is 8.13. The van der Waals surface area contributed by atoms with E-state index in [-0.39, 0.29) is 17.3 Å². The molecule has 2 rings (SSSR count). The van der Waals surface area contributed by atoms with Crippen molar-refractivity contribution in [3.63, 3.8) is 0 Å². The molecule has 0 saturated carbocycles. The number of aliphatic hydroxyl groups is 1. The Balaban J connectivity index is 2.54. The SMILES string of the molecule is O=[N+]([O-])c1cc(-n2nncc2CO)ccc1Cl. The van der Waals surface area contributed by atoms with Gasteiger partial charge >= 0.3 is 0 Å². The van der Waals surface area contributed by atoms with Crippen molar-refractivity contribution >= 4 is 17.3 Å². The molecule has 0 spiro atoms. The van der Waals surface area contributed by atoms with Gasteiger partial charge in [0, 0.05) is 6.07 Å². The van der Waals surface area contributed by atoms with Crippen LogP contribution in [0.1, 0.15) is 5.69 Å². The summed E-state index contributed by atoms with van der Waals surface area (Å²) < 4.78 is 1.31. The highest BCUT2D eigenvalue weighted by Gasteiger charge is 2.15. The molecule has 0 fully saturated rings. The van der Waals surface area contributed by atoms with E-state index < -0.39 is 4.92 Å². The van der Waals surface area contributed by atoms with E-state index in [2.05, 4.69) is 10.3 Å². The van der Waals surface area contributed by atoms with Gasteiger partial charge in [-0.25, -0.2) is 4.68 Å². The van der Waals surface area contributed by atoms with Crippen LogP contribution in [0.3, 0.4) is 0 Å². The monoisotopic (exact) mass is 254 g/mol. The summed E-state index contributed by atoms with van der Waals surface area (Å²) in [6.45, 7) is -0.260. The van der Waals surface area contributed by atoms with Crippen LogP contribution in [0.4, 0.5) is 5.69 Å². The molecule has 0 aliphatic carbocycles.